The lowest BCUT2D eigenvalue weighted by molar-refractivity contribution is -0.116. The highest BCUT2D eigenvalue weighted by molar-refractivity contribution is 6.63. The number of amides is 1. The third-order valence-electron chi connectivity index (χ3n) is 10.3. The summed E-state index contributed by atoms with van der Waals surface area (Å²) < 4.78 is 7.75. The summed E-state index contributed by atoms with van der Waals surface area (Å²) in [6, 6.07) is 26.4. The molecule has 12 heteroatoms. The Morgan fingerprint density at radius 3 is 2.09 bits per heavy atom. The van der Waals surface area contributed by atoms with Gasteiger partial charge < -0.3 is 25.6 Å². The van der Waals surface area contributed by atoms with Gasteiger partial charge in [0.05, 0.1) is 24.2 Å². The third kappa shape index (κ3) is 9.98. The highest BCUT2D eigenvalue weighted by Crippen LogP contribution is 2.37. The van der Waals surface area contributed by atoms with Crippen LogP contribution in [0.2, 0.25) is 0 Å². The molecule has 0 radical (unpaired) electrons. The highest BCUT2D eigenvalue weighted by atomic mass is 35.5. The lowest BCUT2D eigenvalue weighted by Crippen LogP contribution is -2.47. The smallest absolute Gasteiger partial charge is 0.224 e. The van der Waals surface area contributed by atoms with Crippen LogP contribution in [0.4, 0.5) is 11.5 Å². The number of carbonyl (C=O) groups is 2. The summed E-state index contributed by atoms with van der Waals surface area (Å²) in [7, 11) is 3.81. The topological polar surface area (TPSA) is 132 Å². The Morgan fingerprint density at radius 2 is 1.47 bits per heavy atom. The predicted octanol–water partition coefficient (Wildman–Crippen LogP) is 6.77. The minimum Gasteiger partial charge on any atom is -0.495 e. The van der Waals surface area contributed by atoms with E-state index in [1.54, 1.807) is 7.11 Å². The molecule has 2 saturated heterocycles. The van der Waals surface area contributed by atoms with Crippen molar-refractivity contribution in [2.75, 3.05) is 51.4 Å². The number of likely N-dealkylation sites (tertiary alicyclic amines) is 2. The van der Waals surface area contributed by atoms with E-state index in [1.165, 1.54) is 32.3 Å². The Kier molecular flexibility index (Phi) is 13.1. The van der Waals surface area contributed by atoms with Crippen molar-refractivity contribution in [3.05, 3.63) is 96.3 Å². The molecule has 0 unspecified atom stereocenters. The van der Waals surface area contributed by atoms with E-state index in [4.69, 9.17) is 27.2 Å². The molecule has 3 aromatic carbocycles. The summed E-state index contributed by atoms with van der Waals surface area (Å²) in [6.45, 7) is 4.46. The van der Waals surface area contributed by atoms with Crippen molar-refractivity contribution in [3.8, 4) is 17.0 Å². The van der Waals surface area contributed by atoms with Crippen LogP contribution in [0.5, 0.6) is 5.75 Å². The van der Waals surface area contributed by atoms with E-state index >= 15 is 0 Å². The normalized spacial score (nSPS) is 15.8. The van der Waals surface area contributed by atoms with Crippen LogP contribution >= 0.6 is 11.6 Å². The molecular formula is C41H49ClN8O3. The molecule has 278 valence electrons. The van der Waals surface area contributed by atoms with Gasteiger partial charge in [0, 0.05) is 37.5 Å². The molecule has 1 amide bonds. The highest BCUT2D eigenvalue weighted by Gasteiger charge is 2.30. The fourth-order valence-corrected chi connectivity index (χ4v) is 7.35. The van der Waals surface area contributed by atoms with Crippen LogP contribution in [0, 0.1) is 0 Å². The molecular weight excluding hydrogens is 688 g/mol. The van der Waals surface area contributed by atoms with Crippen LogP contribution in [0.1, 0.15) is 55.7 Å². The monoisotopic (exact) mass is 736 g/mol. The number of nitrogens with two attached hydrogens (primary N) is 1. The fraction of sp³-hybridized carbons (Fsp3) is 0.390. The maximum Gasteiger partial charge on any atom is 0.224 e. The first-order valence-electron chi connectivity index (χ1n) is 18.4. The van der Waals surface area contributed by atoms with E-state index in [1.807, 2.05) is 78.9 Å². The zero-order chi connectivity index (χ0) is 37.2. The number of carbonyl (C=O) groups excluding carboxylic acids is 2. The SMILES string of the molecule is COc1cc(-c2nn(C3CCN(C4CCN(C)CC4)CC3)c3ncnc(N)c23)ccc1NC(=O)CCc1ccccc1.O=C(Cl)CCc1ccccc1. The van der Waals surface area contributed by atoms with Gasteiger partial charge in [0.25, 0.3) is 0 Å². The van der Waals surface area contributed by atoms with Gasteiger partial charge >= 0.3 is 0 Å². The van der Waals surface area contributed by atoms with E-state index in [9.17, 15) is 9.59 Å². The lowest BCUT2D eigenvalue weighted by atomic mass is 9.98. The number of nitrogen functional groups attached to an aromatic ring is 1. The van der Waals surface area contributed by atoms with Gasteiger partial charge in [0.2, 0.25) is 11.1 Å². The molecule has 11 nitrogen and oxygen atoms in total. The minimum absolute atomic E-state index is 0.0659. The van der Waals surface area contributed by atoms with Crippen molar-refractivity contribution in [2.24, 2.45) is 0 Å². The minimum atomic E-state index is -0.270. The molecule has 7 rings (SSSR count). The summed E-state index contributed by atoms with van der Waals surface area (Å²) in [4.78, 5) is 37.1. The molecule has 0 atom stereocenters. The molecule has 0 bridgehead atoms. The standard InChI is InChI=1S/C32H40N8O2.C9H9ClO/c1-38-16-12-24(13-17-38)39-18-14-25(15-19-39)40-32-29(31(33)34-21-35-32)30(37-40)23-9-10-26(27(20-23)42-2)36-28(41)11-8-22-6-4-3-5-7-22;10-9(11)7-6-8-4-2-1-3-5-8/h3-7,9-10,20-21,24-25H,8,11-19H2,1-2H3,(H,36,41)(H2,33,34,35);1-5H,6-7H2. The van der Waals surface area contributed by atoms with Gasteiger partial charge in [-0.15, -0.1) is 0 Å². The fourth-order valence-electron chi connectivity index (χ4n) is 7.25. The number of nitrogens with zero attached hydrogens (tertiary/aromatic N) is 6. The molecule has 0 saturated carbocycles. The number of nitrogens with one attached hydrogen (secondary N) is 1. The lowest BCUT2D eigenvalue weighted by Gasteiger charge is -2.41. The van der Waals surface area contributed by atoms with Crippen molar-refractivity contribution in [2.45, 2.75) is 63.5 Å². The van der Waals surface area contributed by atoms with Crippen LogP contribution in [-0.2, 0) is 22.4 Å². The first kappa shape index (κ1) is 37.9. The van der Waals surface area contributed by atoms with Crippen LogP contribution in [-0.4, -0.2) is 87.1 Å². The van der Waals surface area contributed by atoms with Crippen molar-refractivity contribution in [1.82, 2.24) is 29.5 Å². The maximum atomic E-state index is 12.7. The van der Waals surface area contributed by atoms with E-state index < -0.39 is 0 Å². The largest absolute Gasteiger partial charge is 0.495 e. The Balaban J connectivity index is 0.000000376. The quantitative estimate of drug-likeness (QED) is 0.141. The number of fused-ring (bicyclic) bond motifs is 1. The number of anilines is 2. The van der Waals surface area contributed by atoms with Gasteiger partial charge in [-0.25, -0.2) is 14.6 Å². The first-order valence-corrected chi connectivity index (χ1v) is 18.8. The van der Waals surface area contributed by atoms with E-state index in [0.717, 1.165) is 65.8 Å². The molecule has 2 fully saturated rings. The summed E-state index contributed by atoms with van der Waals surface area (Å²) in [5.74, 6) is 0.899. The first-order chi connectivity index (χ1) is 25.8. The summed E-state index contributed by atoms with van der Waals surface area (Å²) >= 11 is 5.19. The molecule has 2 aliphatic heterocycles. The van der Waals surface area contributed by atoms with Crippen LogP contribution in [0.3, 0.4) is 0 Å². The number of ether oxygens (including phenoxy) is 1. The zero-order valence-electron chi connectivity index (χ0n) is 30.6. The second-order valence-corrected chi connectivity index (χ2v) is 14.3. The average Bonchev–Trinajstić information content (AvgIpc) is 3.59. The number of rotatable bonds is 11. The van der Waals surface area contributed by atoms with Crippen LogP contribution in [0.25, 0.3) is 22.3 Å². The second-order valence-electron chi connectivity index (χ2n) is 13.8. The number of aromatic nitrogens is 4. The molecule has 4 heterocycles. The summed E-state index contributed by atoms with van der Waals surface area (Å²) in [6.07, 6.45) is 8.25. The number of benzene rings is 3. The van der Waals surface area contributed by atoms with Crippen molar-refractivity contribution in [3.63, 3.8) is 0 Å². The van der Waals surface area contributed by atoms with E-state index in [2.05, 4.69) is 36.8 Å². The molecule has 3 N–H and O–H groups in total. The van der Waals surface area contributed by atoms with Crippen molar-refractivity contribution in [1.29, 1.82) is 0 Å². The van der Waals surface area contributed by atoms with Crippen molar-refractivity contribution < 1.29 is 14.3 Å². The third-order valence-corrected chi connectivity index (χ3v) is 10.4. The Morgan fingerprint density at radius 1 is 0.849 bits per heavy atom. The Bertz CT molecular complexity index is 1960. The zero-order valence-corrected chi connectivity index (χ0v) is 31.3. The number of halogens is 1. The number of hydrogen-bond donors (Lipinski definition) is 2. The van der Waals surface area contributed by atoms with Gasteiger partial charge in [-0.1, -0.05) is 66.7 Å². The average molecular weight is 737 g/mol. The molecule has 53 heavy (non-hydrogen) atoms. The van der Waals surface area contributed by atoms with Gasteiger partial charge in [-0.3, -0.25) is 9.59 Å². The van der Waals surface area contributed by atoms with Gasteiger partial charge in [0.1, 0.15) is 23.6 Å². The van der Waals surface area contributed by atoms with Gasteiger partial charge in [-0.05, 0) is 93.5 Å². The maximum absolute atomic E-state index is 12.7. The molecule has 0 spiro atoms. The number of aryl methyl sites for hydroxylation is 2. The number of piperidine rings is 2. The van der Waals surface area contributed by atoms with E-state index in [0.29, 0.717) is 42.6 Å². The van der Waals surface area contributed by atoms with Crippen molar-refractivity contribution >= 4 is 45.3 Å². The van der Waals surface area contributed by atoms with Gasteiger partial charge in [0.15, 0.2) is 5.65 Å². The van der Waals surface area contributed by atoms with E-state index in [-0.39, 0.29) is 17.2 Å². The number of methoxy groups -OCH3 is 1. The Labute approximate surface area is 316 Å². The Hall–Kier alpha value is -4.84. The number of hydrogen-bond acceptors (Lipinski definition) is 9. The van der Waals surface area contributed by atoms with Crippen LogP contribution in [0.15, 0.2) is 85.2 Å². The van der Waals surface area contributed by atoms with Gasteiger partial charge in [-0.2, -0.15) is 5.10 Å². The molecule has 0 aliphatic carbocycles. The van der Waals surface area contributed by atoms with Crippen LogP contribution < -0.4 is 15.8 Å². The molecule has 5 aromatic rings. The molecule has 2 aromatic heterocycles. The summed E-state index contributed by atoms with van der Waals surface area (Å²) in [5, 5.41) is 8.57. The predicted molar refractivity (Wildman–Crippen MR) is 211 cm³/mol. The second kappa shape index (κ2) is 18.3. The molecule has 2 aliphatic rings. The summed E-state index contributed by atoms with van der Waals surface area (Å²) in [5.41, 5.74) is 11.6.